The number of carbonyl (C=O) groups excluding carboxylic acids is 1. The Morgan fingerprint density at radius 3 is 2.61 bits per heavy atom. The quantitative estimate of drug-likeness (QED) is 0.233. The van der Waals surface area contributed by atoms with Crippen molar-refractivity contribution >= 4 is 62.3 Å². The lowest BCUT2D eigenvalue weighted by atomic mass is 9.96. The van der Waals surface area contributed by atoms with E-state index in [0.29, 0.717) is 33.6 Å². The van der Waals surface area contributed by atoms with Gasteiger partial charge in [-0.25, -0.2) is 9.80 Å². The molecular formula is C30H19BrClN3O5S. The van der Waals surface area contributed by atoms with Crippen LogP contribution in [0.3, 0.4) is 0 Å². The Balaban J connectivity index is 1.30. The molecule has 1 fully saturated rings. The molecule has 41 heavy (non-hydrogen) atoms. The lowest BCUT2D eigenvalue weighted by Crippen LogP contribution is -2.61. The van der Waals surface area contributed by atoms with E-state index >= 15 is 0 Å². The number of nitrogens with one attached hydrogen (secondary N) is 1. The Kier molecular flexibility index (Phi) is 6.22. The molecule has 4 heterocycles. The molecule has 204 valence electrons. The fourth-order valence-electron chi connectivity index (χ4n) is 5.20. The van der Waals surface area contributed by atoms with E-state index < -0.39 is 11.8 Å². The predicted octanol–water partition coefficient (Wildman–Crippen LogP) is 7.76. The number of hydrogen-bond donors (Lipinski definition) is 2. The van der Waals surface area contributed by atoms with Crippen LogP contribution in [0.2, 0.25) is 5.02 Å². The van der Waals surface area contributed by atoms with Crippen molar-refractivity contribution in [3.8, 4) is 17.1 Å². The standard InChI is InChI=1S/C30H19BrClN3O5S/c31-19-7-11-26-22(13-19)24-15-23(16-5-8-20(32)9-6-16)34-35(24)30(40-26)27(41-29(38)33-30)14-21-10-12-25(39-21)17-1-3-18(4-2-17)28(36)37/h1-14,24H,15H2,(H,33,38)(H,36,37)/b27-14-. The highest BCUT2D eigenvalue weighted by Gasteiger charge is 2.58. The van der Waals surface area contributed by atoms with Gasteiger partial charge >= 0.3 is 11.8 Å². The number of carboxylic acid groups (broad SMARTS) is 1. The summed E-state index contributed by atoms with van der Waals surface area (Å²) in [7, 11) is 0. The number of carboxylic acids is 1. The molecule has 3 aliphatic rings. The van der Waals surface area contributed by atoms with Crippen molar-refractivity contribution in [2.24, 2.45) is 5.10 Å². The van der Waals surface area contributed by atoms with Gasteiger partial charge in [-0.2, -0.15) is 5.10 Å². The number of furan rings is 1. The third-order valence-corrected chi connectivity index (χ3v) is 8.77. The minimum Gasteiger partial charge on any atom is -0.478 e. The van der Waals surface area contributed by atoms with Gasteiger partial charge in [0.25, 0.3) is 5.24 Å². The molecule has 2 N–H and O–H groups in total. The van der Waals surface area contributed by atoms with E-state index in [1.165, 1.54) is 12.1 Å². The van der Waals surface area contributed by atoms with Gasteiger partial charge in [-0.15, -0.1) is 0 Å². The second-order valence-electron chi connectivity index (χ2n) is 9.65. The van der Waals surface area contributed by atoms with Gasteiger partial charge in [-0.3, -0.25) is 10.1 Å². The number of aromatic carboxylic acids is 1. The van der Waals surface area contributed by atoms with Crippen LogP contribution in [0.1, 0.15) is 39.7 Å². The minimum absolute atomic E-state index is 0.192. The summed E-state index contributed by atoms with van der Waals surface area (Å²) in [6, 6.07) is 23.2. The first kappa shape index (κ1) is 25.9. The molecule has 8 nitrogen and oxygen atoms in total. The maximum absolute atomic E-state index is 12.9. The number of rotatable bonds is 4. The highest BCUT2D eigenvalue weighted by Crippen LogP contribution is 2.53. The lowest BCUT2D eigenvalue weighted by molar-refractivity contribution is -0.0949. The topological polar surface area (TPSA) is 104 Å². The Morgan fingerprint density at radius 1 is 1.10 bits per heavy atom. The van der Waals surface area contributed by atoms with Crippen LogP contribution in [-0.2, 0) is 0 Å². The SMILES string of the molecule is O=C1NC2(Oc3ccc(Br)cc3C3CC(c4ccc(Cl)cc4)=NN32)/C(=C/c2ccc(-c3ccc(C(=O)O)cc3)o2)S1. The third kappa shape index (κ3) is 4.52. The molecule has 11 heteroatoms. The molecule has 1 amide bonds. The van der Waals surface area contributed by atoms with Crippen molar-refractivity contribution in [2.45, 2.75) is 18.3 Å². The molecular weight excluding hydrogens is 630 g/mol. The zero-order valence-electron chi connectivity index (χ0n) is 21.0. The normalized spacial score (nSPS) is 21.9. The van der Waals surface area contributed by atoms with E-state index in [1.807, 2.05) is 47.5 Å². The van der Waals surface area contributed by atoms with Crippen LogP contribution >= 0.6 is 39.3 Å². The highest BCUT2D eigenvalue weighted by molar-refractivity contribution is 9.10. The number of amides is 1. The van der Waals surface area contributed by atoms with E-state index in [2.05, 4.69) is 21.2 Å². The van der Waals surface area contributed by atoms with Gasteiger partial charge in [0.15, 0.2) is 0 Å². The molecule has 1 spiro atoms. The molecule has 1 aromatic heterocycles. The van der Waals surface area contributed by atoms with E-state index in [9.17, 15) is 14.7 Å². The van der Waals surface area contributed by atoms with E-state index in [1.54, 1.807) is 30.3 Å². The number of thioether (sulfide) groups is 1. The number of hydrogen-bond acceptors (Lipinski definition) is 7. The summed E-state index contributed by atoms with van der Waals surface area (Å²) in [5.74, 6) is -0.659. The summed E-state index contributed by atoms with van der Waals surface area (Å²) < 4.78 is 13.6. The minimum atomic E-state index is -1.38. The number of fused-ring (bicyclic) bond motifs is 4. The number of carbonyl (C=O) groups is 2. The van der Waals surface area contributed by atoms with Crippen LogP contribution in [0.15, 0.2) is 97.8 Å². The largest absolute Gasteiger partial charge is 0.478 e. The van der Waals surface area contributed by atoms with Gasteiger partial charge in [0, 0.05) is 27.0 Å². The average molecular weight is 649 g/mol. The molecule has 0 aliphatic carbocycles. The summed E-state index contributed by atoms with van der Waals surface area (Å²) in [4.78, 5) is 24.7. The van der Waals surface area contributed by atoms with Crippen LogP contribution in [-0.4, -0.2) is 32.9 Å². The van der Waals surface area contributed by atoms with Gasteiger partial charge in [0.1, 0.15) is 17.3 Å². The summed E-state index contributed by atoms with van der Waals surface area (Å²) in [5.41, 5.74) is 3.65. The Morgan fingerprint density at radius 2 is 1.85 bits per heavy atom. The molecule has 0 saturated carbocycles. The zero-order valence-corrected chi connectivity index (χ0v) is 24.2. The molecule has 4 aromatic rings. The van der Waals surface area contributed by atoms with Crippen molar-refractivity contribution in [1.82, 2.24) is 10.3 Å². The van der Waals surface area contributed by atoms with Gasteiger partial charge in [-0.05, 0) is 78.0 Å². The maximum atomic E-state index is 12.9. The van der Waals surface area contributed by atoms with Crippen molar-refractivity contribution in [3.63, 3.8) is 0 Å². The Labute approximate surface area is 251 Å². The molecule has 7 rings (SSSR count). The van der Waals surface area contributed by atoms with Crippen LogP contribution < -0.4 is 10.1 Å². The second kappa shape index (κ2) is 9.83. The molecule has 0 bridgehead atoms. The fraction of sp³-hybridized carbons (Fsp3) is 0.100. The number of nitrogens with zero attached hydrogens (tertiary/aromatic N) is 2. The summed E-state index contributed by atoms with van der Waals surface area (Å²) in [6.45, 7) is 0. The van der Waals surface area contributed by atoms with Crippen LogP contribution in [0.4, 0.5) is 4.79 Å². The first-order chi connectivity index (χ1) is 19.8. The van der Waals surface area contributed by atoms with Gasteiger partial charge < -0.3 is 14.3 Å². The number of hydrazone groups is 1. The van der Waals surface area contributed by atoms with E-state index in [-0.39, 0.29) is 16.8 Å². The Bertz CT molecular complexity index is 1790. The predicted molar refractivity (Wildman–Crippen MR) is 160 cm³/mol. The number of halogens is 2. The first-order valence-corrected chi connectivity index (χ1v) is 14.5. The van der Waals surface area contributed by atoms with Crippen molar-refractivity contribution < 1.29 is 23.8 Å². The third-order valence-electron chi connectivity index (χ3n) is 7.12. The van der Waals surface area contributed by atoms with Crippen molar-refractivity contribution in [2.75, 3.05) is 0 Å². The highest BCUT2D eigenvalue weighted by atomic mass is 79.9. The van der Waals surface area contributed by atoms with Crippen LogP contribution in [0.25, 0.3) is 17.4 Å². The molecule has 3 aromatic carbocycles. The molecule has 2 atom stereocenters. The molecule has 3 aliphatic heterocycles. The van der Waals surface area contributed by atoms with Gasteiger partial charge in [0.2, 0.25) is 0 Å². The summed E-state index contributed by atoms with van der Waals surface area (Å²) in [6.07, 6.45) is 2.37. The van der Waals surface area contributed by atoms with Gasteiger partial charge in [0.05, 0.1) is 22.2 Å². The Hall–Kier alpha value is -3.99. The number of benzene rings is 3. The zero-order chi connectivity index (χ0) is 28.3. The summed E-state index contributed by atoms with van der Waals surface area (Å²) >= 11 is 10.7. The number of ether oxygens (including phenoxy) is 1. The smallest absolute Gasteiger partial charge is 0.335 e. The van der Waals surface area contributed by atoms with Crippen molar-refractivity contribution in [1.29, 1.82) is 0 Å². The first-order valence-electron chi connectivity index (χ1n) is 12.6. The monoisotopic (exact) mass is 647 g/mol. The maximum Gasteiger partial charge on any atom is 0.335 e. The second-order valence-corrected chi connectivity index (χ2v) is 12.0. The molecule has 0 radical (unpaired) electrons. The van der Waals surface area contributed by atoms with Crippen LogP contribution in [0.5, 0.6) is 5.75 Å². The average Bonchev–Trinajstić information content (AvgIpc) is 3.68. The lowest BCUT2D eigenvalue weighted by Gasteiger charge is -2.45. The van der Waals surface area contributed by atoms with E-state index in [4.69, 9.17) is 25.9 Å². The fourth-order valence-corrected chi connectivity index (χ4v) is 6.59. The summed E-state index contributed by atoms with van der Waals surface area (Å²) in [5, 5.41) is 19.4. The van der Waals surface area contributed by atoms with Gasteiger partial charge in [-0.1, -0.05) is 51.8 Å². The molecule has 1 saturated heterocycles. The molecule has 2 unspecified atom stereocenters. The van der Waals surface area contributed by atoms with Crippen LogP contribution in [0, 0.1) is 0 Å². The van der Waals surface area contributed by atoms with E-state index in [0.717, 1.165) is 38.6 Å². The van der Waals surface area contributed by atoms with Crippen molar-refractivity contribution in [3.05, 3.63) is 116 Å².